The number of hydrogen-bond acceptors (Lipinski definition) is 2. The lowest BCUT2D eigenvalue weighted by molar-refractivity contribution is -0.0702. The lowest BCUT2D eigenvalue weighted by Crippen LogP contribution is -2.65. The number of piperidine rings is 1. The molecule has 19 heavy (non-hydrogen) atoms. The van der Waals surface area contributed by atoms with Gasteiger partial charge in [0.25, 0.3) is 0 Å². The quantitative estimate of drug-likeness (QED) is 0.842. The van der Waals surface area contributed by atoms with Crippen LogP contribution in [0.3, 0.4) is 0 Å². The van der Waals surface area contributed by atoms with E-state index in [0.29, 0.717) is 10.8 Å². The van der Waals surface area contributed by atoms with Gasteiger partial charge in [-0.3, -0.25) is 4.90 Å². The molecule has 1 aliphatic heterocycles. The van der Waals surface area contributed by atoms with E-state index in [2.05, 4.69) is 32.6 Å². The third-order valence-electron chi connectivity index (χ3n) is 6.67. The zero-order valence-corrected chi connectivity index (χ0v) is 13.6. The fraction of sp³-hybridized carbons (Fsp3) is 1.00. The summed E-state index contributed by atoms with van der Waals surface area (Å²) >= 11 is 0. The maximum Gasteiger partial charge on any atom is 0.0382 e. The summed E-state index contributed by atoms with van der Waals surface area (Å²) in [5.74, 6) is 0. The molecule has 2 heteroatoms. The topological polar surface area (TPSA) is 29.3 Å². The fourth-order valence-corrected chi connectivity index (χ4v) is 4.48. The van der Waals surface area contributed by atoms with Gasteiger partial charge in [-0.15, -0.1) is 0 Å². The average Bonchev–Trinajstić information content (AvgIpc) is 2.40. The van der Waals surface area contributed by atoms with Gasteiger partial charge < -0.3 is 5.73 Å². The van der Waals surface area contributed by atoms with Crippen molar-refractivity contribution in [2.45, 2.75) is 78.2 Å². The van der Waals surface area contributed by atoms with Crippen LogP contribution < -0.4 is 5.73 Å². The van der Waals surface area contributed by atoms with Gasteiger partial charge in [-0.1, -0.05) is 47.0 Å². The molecule has 1 saturated heterocycles. The third-order valence-corrected chi connectivity index (χ3v) is 6.67. The number of hydrogen-bond donors (Lipinski definition) is 1. The summed E-state index contributed by atoms with van der Waals surface area (Å²) < 4.78 is 0. The first-order valence-corrected chi connectivity index (χ1v) is 8.34. The Labute approximate surface area is 120 Å². The van der Waals surface area contributed by atoms with Crippen molar-refractivity contribution < 1.29 is 0 Å². The predicted molar refractivity (Wildman–Crippen MR) is 83.2 cm³/mol. The molecule has 2 rings (SSSR count). The van der Waals surface area contributed by atoms with Gasteiger partial charge in [-0.05, 0) is 49.6 Å². The second kappa shape index (κ2) is 5.37. The molecular weight excluding hydrogens is 232 g/mol. The van der Waals surface area contributed by atoms with Crippen molar-refractivity contribution in [1.82, 2.24) is 4.90 Å². The number of nitrogens with two attached hydrogens (primary N) is 1. The van der Waals surface area contributed by atoms with Gasteiger partial charge in [-0.25, -0.2) is 0 Å². The van der Waals surface area contributed by atoms with Crippen LogP contribution in [0.15, 0.2) is 0 Å². The van der Waals surface area contributed by atoms with E-state index in [-0.39, 0.29) is 5.54 Å². The Morgan fingerprint density at radius 1 is 0.947 bits per heavy atom. The summed E-state index contributed by atoms with van der Waals surface area (Å²) in [4.78, 5) is 2.77. The highest BCUT2D eigenvalue weighted by Crippen LogP contribution is 2.49. The van der Waals surface area contributed by atoms with E-state index in [0.717, 1.165) is 6.54 Å². The first-order valence-electron chi connectivity index (χ1n) is 8.34. The molecular formula is C17H34N2. The molecule has 0 amide bonds. The maximum atomic E-state index is 6.30. The van der Waals surface area contributed by atoms with Gasteiger partial charge in [0.05, 0.1) is 0 Å². The molecule has 2 fully saturated rings. The van der Waals surface area contributed by atoms with Crippen molar-refractivity contribution in [3.8, 4) is 0 Å². The standard InChI is InChI=1S/C17H34N2/c1-5-16(4)10-12-19(13-11-16)17(14-18)9-7-6-8-15(17,2)3/h5-14,18H2,1-4H3. The molecule has 112 valence electrons. The normalized spacial score (nSPS) is 35.2. The minimum Gasteiger partial charge on any atom is -0.329 e. The Hall–Kier alpha value is -0.0800. The van der Waals surface area contributed by atoms with Gasteiger partial charge in [0, 0.05) is 12.1 Å². The summed E-state index contributed by atoms with van der Waals surface area (Å²) in [6.07, 6.45) is 9.41. The van der Waals surface area contributed by atoms with Gasteiger partial charge in [0.2, 0.25) is 0 Å². The largest absolute Gasteiger partial charge is 0.329 e. The molecule has 0 aromatic rings. The van der Waals surface area contributed by atoms with E-state index in [1.807, 2.05) is 0 Å². The maximum absolute atomic E-state index is 6.30. The van der Waals surface area contributed by atoms with E-state index in [1.165, 1.54) is 58.0 Å². The molecule has 2 nitrogen and oxygen atoms in total. The predicted octanol–water partition coefficient (Wildman–Crippen LogP) is 3.80. The van der Waals surface area contributed by atoms with Gasteiger partial charge in [0.1, 0.15) is 0 Å². The van der Waals surface area contributed by atoms with Crippen LogP contribution in [0.2, 0.25) is 0 Å². The summed E-state index contributed by atoms with van der Waals surface area (Å²) in [7, 11) is 0. The zero-order chi connectivity index (χ0) is 14.1. The van der Waals surface area contributed by atoms with Crippen LogP contribution in [0, 0.1) is 10.8 Å². The van der Waals surface area contributed by atoms with Crippen molar-refractivity contribution in [2.24, 2.45) is 16.6 Å². The number of rotatable bonds is 3. The monoisotopic (exact) mass is 266 g/mol. The van der Waals surface area contributed by atoms with E-state index in [4.69, 9.17) is 5.73 Å². The Bertz CT molecular complexity index is 302. The lowest BCUT2D eigenvalue weighted by Gasteiger charge is -2.58. The second-order valence-corrected chi connectivity index (χ2v) is 7.98. The molecule has 0 radical (unpaired) electrons. The van der Waals surface area contributed by atoms with Gasteiger partial charge in [0.15, 0.2) is 0 Å². The molecule has 2 N–H and O–H groups in total. The van der Waals surface area contributed by atoms with E-state index < -0.39 is 0 Å². The van der Waals surface area contributed by atoms with Crippen molar-refractivity contribution in [3.05, 3.63) is 0 Å². The van der Waals surface area contributed by atoms with Crippen LogP contribution in [0.1, 0.15) is 72.6 Å². The molecule has 1 unspecified atom stereocenters. The molecule has 0 aromatic carbocycles. The SMILES string of the molecule is CCC1(C)CCN(C2(CN)CCCCC2(C)C)CC1. The Kier molecular flexibility index (Phi) is 4.32. The molecule has 0 aromatic heterocycles. The van der Waals surface area contributed by atoms with Crippen LogP contribution in [-0.2, 0) is 0 Å². The molecule has 0 spiro atoms. The highest BCUT2D eigenvalue weighted by molar-refractivity contribution is 5.06. The van der Waals surface area contributed by atoms with E-state index >= 15 is 0 Å². The van der Waals surface area contributed by atoms with E-state index in [1.54, 1.807) is 0 Å². The fourth-order valence-electron chi connectivity index (χ4n) is 4.48. The minimum absolute atomic E-state index is 0.264. The summed E-state index contributed by atoms with van der Waals surface area (Å²) in [6.45, 7) is 13.1. The first kappa shape index (κ1) is 15.3. The highest BCUT2D eigenvalue weighted by Gasteiger charge is 2.50. The second-order valence-electron chi connectivity index (χ2n) is 7.98. The molecule has 1 heterocycles. The van der Waals surface area contributed by atoms with Crippen molar-refractivity contribution in [3.63, 3.8) is 0 Å². The van der Waals surface area contributed by atoms with Crippen LogP contribution in [-0.4, -0.2) is 30.1 Å². The number of nitrogens with zero attached hydrogens (tertiary/aromatic N) is 1. The zero-order valence-electron chi connectivity index (χ0n) is 13.6. The highest BCUT2D eigenvalue weighted by atomic mass is 15.2. The third kappa shape index (κ3) is 2.58. The lowest BCUT2D eigenvalue weighted by atomic mass is 9.61. The van der Waals surface area contributed by atoms with Crippen molar-refractivity contribution in [1.29, 1.82) is 0 Å². The van der Waals surface area contributed by atoms with Crippen LogP contribution in [0.4, 0.5) is 0 Å². The summed E-state index contributed by atoms with van der Waals surface area (Å²) in [6, 6.07) is 0. The van der Waals surface area contributed by atoms with Crippen LogP contribution in [0.5, 0.6) is 0 Å². The van der Waals surface area contributed by atoms with Crippen molar-refractivity contribution in [2.75, 3.05) is 19.6 Å². The summed E-state index contributed by atoms with van der Waals surface area (Å²) in [5.41, 5.74) is 7.52. The van der Waals surface area contributed by atoms with Crippen LogP contribution >= 0.6 is 0 Å². The van der Waals surface area contributed by atoms with E-state index in [9.17, 15) is 0 Å². The Morgan fingerprint density at radius 3 is 2.00 bits per heavy atom. The Balaban J connectivity index is 2.14. The first-order chi connectivity index (χ1) is 8.89. The smallest absolute Gasteiger partial charge is 0.0382 e. The van der Waals surface area contributed by atoms with Gasteiger partial charge >= 0.3 is 0 Å². The van der Waals surface area contributed by atoms with Crippen molar-refractivity contribution >= 4 is 0 Å². The molecule has 0 bridgehead atoms. The molecule has 1 aliphatic carbocycles. The molecule has 2 aliphatic rings. The summed E-state index contributed by atoms with van der Waals surface area (Å²) in [5, 5.41) is 0. The minimum atomic E-state index is 0.264. The molecule has 1 saturated carbocycles. The molecule has 1 atom stereocenters. The van der Waals surface area contributed by atoms with Crippen LogP contribution in [0.25, 0.3) is 0 Å². The number of likely N-dealkylation sites (tertiary alicyclic amines) is 1. The Morgan fingerprint density at radius 2 is 1.53 bits per heavy atom. The van der Waals surface area contributed by atoms with Gasteiger partial charge in [-0.2, -0.15) is 0 Å². The average molecular weight is 266 g/mol.